The number of likely N-dealkylation sites (tertiary alicyclic amines) is 1. The number of rotatable bonds is 2. The summed E-state index contributed by atoms with van der Waals surface area (Å²) in [5, 5.41) is 0. The van der Waals surface area contributed by atoms with Crippen molar-refractivity contribution >= 4 is 11.8 Å². The van der Waals surface area contributed by atoms with Gasteiger partial charge in [-0.05, 0) is 64.2 Å². The molecule has 4 heteroatoms. The molecule has 1 heterocycles. The molecule has 1 aliphatic rings. The molecule has 0 aliphatic carbocycles. The van der Waals surface area contributed by atoms with Gasteiger partial charge in [-0.25, -0.2) is 4.79 Å². The van der Waals surface area contributed by atoms with Crippen molar-refractivity contribution < 1.29 is 9.53 Å². The van der Waals surface area contributed by atoms with Crippen LogP contribution in [-0.2, 0) is 11.2 Å². The second-order valence-electron chi connectivity index (χ2n) is 6.77. The largest absolute Gasteiger partial charge is 0.444 e. The number of carbonyl (C=O) groups is 1. The van der Waals surface area contributed by atoms with Gasteiger partial charge in [0, 0.05) is 18.3 Å². The van der Waals surface area contributed by atoms with Crippen molar-refractivity contribution in [2.75, 3.05) is 12.3 Å². The van der Waals surface area contributed by atoms with E-state index < -0.39 is 5.60 Å². The SMILES string of the molecule is CC(C)(C)OC(=O)N1CCCCC1Cc1ccc(N)cc1. The van der Waals surface area contributed by atoms with Crippen LogP contribution in [0.4, 0.5) is 10.5 Å². The average molecular weight is 290 g/mol. The Bertz CT molecular complexity index is 477. The Kier molecular flexibility index (Phi) is 4.76. The van der Waals surface area contributed by atoms with Crippen LogP contribution in [-0.4, -0.2) is 29.2 Å². The summed E-state index contributed by atoms with van der Waals surface area (Å²) in [4.78, 5) is 14.2. The van der Waals surface area contributed by atoms with Crippen LogP contribution in [0.15, 0.2) is 24.3 Å². The summed E-state index contributed by atoms with van der Waals surface area (Å²) in [6.07, 6.45) is 3.92. The lowest BCUT2D eigenvalue weighted by molar-refractivity contribution is 0.00995. The topological polar surface area (TPSA) is 55.6 Å². The Morgan fingerprint density at radius 3 is 2.57 bits per heavy atom. The van der Waals surface area contributed by atoms with E-state index in [1.54, 1.807) is 0 Å². The van der Waals surface area contributed by atoms with E-state index in [2.05, 4.69) is 0 Å². The zero-order valence-electron chi connectivity index (χ0n) is 13.3. The second-order valence-corrected chi connectivity index (χ2v) is 6.77. The normalized spacial score (nSPS) is 19.4. The van der Waals surface area contributed by atoms with E-state index in [0.717, 1.165) is 31.5 Å². The first-order valence-corrected chi connectivity index (χ1v) is 7.69. The number of nitrogens with two attached hydrogens (primary N) is 1. The van der Waals surface area contributed by atoms with Crippen LogP contribution in [0, 0.1) is 0 Å². The molecule has 1 amide bonds. The summed E-state index contributed by atoms with van der Waals surface area (Å²) in [6.45, 7) is 6.51. The van der Waals surface area contributed by atoms with Gasteiger partial charge in [-0.15, -0.1) is 0 Å². The second kappa shape index (κ2) is 6.37. The number of anilines is 1. The van der Waals surface area contributed by atoms with Crippen LogP contribution in [0.2, 0.25) is 0 Å². The average Bonchev–Trinajstić information content (AvgIpc) is 2.40. The van der Waals surface area contributed by atoms with Gasteiger partial charge in [0.1, 0.15) is 5.60 Å². The number of carbonyl (C=O) groups excluding carboxylic acids is 1. The fourth-order valence-corrected chi connectivity index (χ4v) is 2.70. The van der Waals surface area contributed by atoms with Gasteiger partial charge in [-0.3, -0.25) is 0 Å². The van der Waals surface area contributed by atoms with Crippen molar-refractivity contribution in [2.45, 2.75) is 58.1 Å². The van der Waals surface area contributed by atoms with Gasteiger partial charge >= 0.3 is 6.09 Å². The minimum absolute atomic E-state index is 0.192. The number of piperidine rings is 1. The lowest BCUT2D eigenvalue weighted by Crippen LogP contribution is -2.47. The number of ether oxygens (including phenoxy) is 1. The van der Waals surface area contributed by atoms with Crippen molar-refractivity contribution in [3.05, 3.63) is 29.8 Å². The maximum Gasteiger partial charge on any atom is 0.410 e. The zero-order chi connectivity index (χ0) is 15.5. The summed E-state index contributed by atoms with van der Waals surface area (Å²) in [5.74, 6) is 0. The van der Waals surface area contributed by atoms with E-state index >= 15 is 0 Å². The maximum absolute atomic E-state index is 12.4. The highest BCUT2D eigenvalue weighted by molar-refractivity contribution is 5.68. The van der Waals surface area contributed by atoms with Crippen molar-refractivity contribution in [1.29, 1.82) is 0 Å². The van der Waals surface area contributed by atoms with Gasteiger partial charge in [0.15, 0.2) is 0 Å². The molecule has 1 unspecified atom stereocenters. The number of benzene rings is 1. The Balaban J connectivity index is 2.04. The summed E-state index contributed by atoms with van der Waals surface area (Å²) < 4.78 is 5.53. The monoisotopic (exact) mass is 290 g/mol. The third-order valence-corrected chi connectivity index (χ3v) is 3.71. The molecule has 21 heavy (non-hydrogen) atoms. The van der Waals surface area contributed by atoms with Crippen LogP contribution in [0.25, 0.3) is 0 Å². The minimum Gasteiger partial charge on any atom is -0.444 e. The van der Waals surface area contributed by atoms with Crippen LogP contribution in [0.1, 0.15) is 45.6 Å². The van der Waals surface area contributed by atoms with E-state index in [4.69, 9.17) is 10.5 Å². The van der Waals surface area contributed by atoms with E-state index in [9.17, 15) is 4.79 Å². The minimum atomic E-state index is -0.444. The molecule has 1 aliphatic heterocycles. The Hall–Kier alpha value is -1.71. The van der Waals surface area contributed by atoms with Crippen molar-refractivity contribution in [2.24, 2.45) is 0 Å². The first-order chi connectivity index (χ1) is 9.85. The van der Waals surface area contributed by atoms with E-state index in [0.29, 0.717) is 0 Å². The molecule has 1 aromatic carbocycles. The van der Waals surface area contributed by atoms with Crippen molar-refractivity contribution in [1.82, 2.24) is 4.90 Å². The van der Waals surface area contributed by atoms with Crippen LogP contribution < -0.4 is 5.73 Å². The molecule has 4 nitrogen and oxygen atoms in total. The Morgan fingerprint density at radius 1 is 1.29 bits per heavy atom. The quantitative estimate of drug-likeness (QED) is 0.847. The van der Waals surface area contributed by atoms with Gasteiger partial charge in [-0.1, -0.05) is 12.1 Å². The van der Waals surface area contributed by atoms with Gasteiger partial charge in [0.2, 0.25) is 0 Å². The number of amides is 1. The predicted molar refractivity (Wildman–Crippen MR) is 85.1 cm³/mol. The molecule has 0 radical (unpaired) electrons. The van der Waals surface area contributed by atoms with Crippen molar-refractivity contribution in [3.63, 3.8) is 0 Å². The number of hydrogen-bond acceptors (Lipinski definition) is 3. The highest BCUT2D eigenvalue weighted by atomic mass is 16.6. The van der Waals surface area contributed by atoms with Crippen molar-refractivity contribution in [3.8, 4) is 0 Å². The molecule has 0 spiro atoms. The molecule has 1 fully saturated rings. The summed E-state index contributed by atoms with van der Waals surface area (Å²) >= 11 is 0. The standard InChI is InChI=1S/C17H26N2O2/c1-17(2,3)21-16(20)19-11-5-4-6-15(19)12-13-7-9-14(18)10-8-13/h7-10,15H,4-6,11-12,18H2,1-3H3. The van der Waals surface area contributed by atoms with E-state index in [1.807, 2.05) is 49.9 Å². The predicted octanol–water partition coefficient (Wildman–Crippen LogP) is 3.60. The Labute approximate surface area is 127 Å². The molecule has 2 rings (SSSR count). The lowest BCUT2D eigenvalue weighted by atomic mass is 9.96. The first-order valence-electron chi connectivity index (χ1n) is 7.69. The Morgan fingerprint density at radius 2 is 1.95 bits per heavy atom. The van der Waals surface area contributed by atoms with Crippen LogP contribution in [0.3, 0.4) is 0 Å². The summed E-state index contributed by atoms with van der Waals surface area (Å²) in [6, 6.07) is 8.12. The molecule has 1 aromatic rings. The zero-order valence-corrected chi connectivity index (χ0v) is 13.3. The smallest absolute Gasteiger partial charge is 0.410 e. The molecule has 0 saturated carbocycles. The van der Waals surface area contributed by atoms with E-state index in [1.165, 1.54) is 12.0 Å². The first kappa shape index (κ1) is 15.7. The van der Waals surface area contributed by atoms with Crippen LogP contribution >= 0.6 is 0 Å². The van der Waals surface area contributed by atoms with Gasteiger partial charge in [0.05, 0.1) is 0 Å². The third kappa shape index (κ3) is 4.66. The molecule has 2 N–H and O–H groups in total. The van der Waals surface area contributed by atoms with Gasteiger partial charge in [0.25, 0.3) is 0 Å². The maximum atomic E-state index is 12.4. The fraction of sp³-hybridized carbons (Fsp3) is 0.588. The van der Waals surface area contributed by atoms with Crippen LogP contribution in [0.5, 0.6) is 0 Å². The molecule has 1 saturated heterocycles. The number of nitrogens with zero attached hydrogens (tertiary/aromatic N) is 1. The molecule has 0 aromatic heterocycles. The van der Waals surface area contributed by atoms with Gasteiger partial charge < -0.3 is 15.4 Å². The third-order valence-electron chi connectivity index (χ3n) is 3.71. The summed E-state index contributed by atoms with van der Waals surface area (Å²) in [5.41, 5.74) is 7.26. The highest BCUT2D eigenvalue weighted by Crippen LogP contribution is 2.23. The molecular weight excluding hydrogens is 264 g/mol. The number of hydrogen-bond donors (Lipinski definition) is 1. The molecule has 116 valence electrons. The lowest BCUT2D eigenvalue weighted by Gasteiger charge is -2.37. The molecule has 0 bridgehead atoms. The number of nitrogen functional groups attached to an aromatic ring is 1. The molecule has 1 atom stereocenters. The van der Waals surface area contributed by atoms with Gasteiger partial charge in [-0.2, -0.15) is 0 Å². The van der Waals surface area contributed by atoms with E-state index in [-0.39, 0.29) is 12.1 Å². The molecular formula is C17H26N2O2. The summed E-state index contributed by atoms with van der Waals surface area (Å²) in [7, 11) is 0. The highest BCUT2D eigenvalue weighted by Gasteiger charge is 2.30. The fourth-order valence-electron chi connectivity index (χ4n) is 2.70.